The first-order chi connectivity index (χ1) is 11.3. The van der Waals surface area contributed by atoms with Crippen LogP contribution in [0.3, 0.4) is 0 Å². The number of H-pyrrole nitrogens is 1. The highest BCUT2D eigenvalue weighted by Gasteiger charge is 2.10. The fourth-order valence-electron chi connectivity index (χ4n) is 2.23. The second-order valence-corrected chi connectivity index (χ2v) is 5.17. The number of ether oxygens (including phenoxy) is 1. The predicted molar refractivity (Wildman–Crippen MR) is 84.4 cm³/mol. The molecular formula is C16H17F2N3O3. The molecule has 1 heterocycles. The van der Waals surface area contributed by atoms with Crippen molar-refractivity contribution in [2.45, 2.75) is 33.3 Å². The summed E-state index contributed by atoms with van der Waals surface area (Å²) in [5, 5.41) is 2.63. The maximum Gasteiger partial charge on any atom is 0.387 e. The third-order valence-electron chi connectivity index (χ3n) is 3.31. The van der Waals surface area contributed by atoms with Crippen molar-refractivity contribution in [2.24, 2.45) is 0 Å². The fourth-order valence-corrected chi connectivity index (χ4v) is 2.23. The Kier molecular flexibility index (Phi) is 5.62. The van der Waals surface area contributed by atoms with Crippen LogP contribution < -0.4 is 15.6 Å². The van der Waals surface area contributed by atoms with Gasteiger partial charge in [0.15, 0.2) is 0 Å². The number of aromatic nitrogens is 2. The van der Waals surface area contributed by atoms with Crippen LogP contribution in [0.5, 0.6) is 5.75 Å². The molecule has 8 heteroatoms. The molecule has 0 spiro atoms. The molecule has 0 saturated heterocycles. The Balaban J connectivity index is 1.93. The van der Waals surface area contributed by atoms with Gasteiger partial charge in [0.25, 0.3) is 5.56 Å². The fraction of sp³-hybridized carbons (Fsp3) is 0.312. The number of benzene rings is 1. The number of hydrogen-bond acceptors (Lipinski definition) is 4. The third kappa shape index (κ3) is 4.87. The lowest BCUT2D eigenvalue weighted by molar-refractivity contribution is -0.116. The second kappa shape index (κ2) is 7.67. The summed E-state index contributed by atoms with van der Waals surface area (Å²) in [7, 11) is 0. The summed E-state index contributed by atoms with van der Waals surface area (Å²) in [5.41, 5.74) is 1.27. The number of nitrogens with one attached hydrogen (secondary N) is 2. The molecule has 0 aliphatic heterocycles. The molecule has 0 bridgehead atoms. The zero-order chi connectivity index (χ0) is 17.7. The molecule has 0 atom stereocenters. The molecule has 1 amide bonds. The number of aryl methyl sites for hydroxylation is 2. The zero-order valence-corrected chi connectivity index (χ0v) is 13.2. The van der Waals surface area contributed by atoms with E-state index in [0.717, 1.165) is 0 Å². The molecular weight excluding hydrogens is 320 g/mol. The standard InChI is InChI=1S/C16H17F2N3O3/c1-9-13(15(23)20-10(2)19-9)7-8-14(22)21-11-3-5-12(6-4-11)24-16(17)18/h3-6,16H,7-8H2,1-2H3,(H,21,22)(H,19,20,23). The number of halogens is 2. The van der Waals surface area contributed by atoms with Crippen molar-refractivity contribution < 1.29 is 18.3 Å². The van der Waals surface area contributed by atoms with Crippen molar-refractivity contribution in [3.05, 3.63) is 51.7 Å². The van der Waals surface area contributed by atoms with Crippen LogP contribution in [0, 0.1) is 13.8 Å². The van der Waals surface area contributed by atoms with E-state index in [4.69, 9.17) is 0 Å². The van der Waals surface area contributed by atoms with E-state index in [9.17, 15) is 18.4 Å². The lowest BCUT2D eigenvalue weighted by Gasteiger charge is -2.08. The molecule has 6 nitrogen and oxygen atoms in total. The molecule has 0 unspecified atom stereocenters. The Labute approximate surface area is 136 Å². The molecule has 2 rings (SSSR count). The van der Waals surface area contributed by atoms with Crippen LogP contribution in [0.25, 0.3) is 0 Å². The smallest absolute Gasteiger partial charge is 0.387 e. The number of aromatic amines is 1. The van der Waals surface area contributed by atoms with E-state index < -0.39 is 6.61 Å². The maximum absolute atomic E-state index is 12.1. The van der Waals surface area contributed by atoms with E-state index in [2.05, 4.69) is 20.0 Å². The highest BCUT2D eigenvalue weighted by Crippen LogP contribution is 2.18. The Morgan fingerprint density at radius 1 is 1.29 bits per heavy atom. The monoisotopic (exact) mass is 337 g/mol. The third-order valence-corrected chi connectivity index (χ3v) is 3.31. The van der Waals surface area contributed by atoms with Gasteiger partial charge in [0.05, 0.1) is 0 Å². The van der Waals surface area contributed by atoms with E-state index >= 15 is 0 Å². The Bertz CT molecular complexity index is 773. The van der Waals surface area contributed by atoms with Crippen LogP contribution in [0.2, 0.25) is 0 Å². The first-order valence-corrected chi connectivity index (χ1v) is 7.26. The number of nitrogens with zero attached hydrogens (tertiary/aromatic N) is 1. The number of anilines is 1. The van der Waals surface area contributed by atoms with Gasteiger partial charge >= 0.3 is 6.61 Å². The average Bonchev–Trinajstić information content (AvgIpc) is 2.47. The van der Waals surface area contributed by atoms with Gasteiger partial charge < -0.3 is 15.0 Å². The van der Waals surface area contributed by atoms with Crippen molar-refractivity contribution in [3.63, 3.8) is 0 Å². The largest absolute Gasteiger partial charge is 0.435 e. The van der Waals surface area contributed by atoms with Crippen molar-refractivity contribution in [2.75, 3.05) is 5.32 Å². The molecule has 1 aromatic heterocycles. The summed E-state index contributed by atoms with van der Waals surface area (Å²) in [6, 6.07) is 5.59. The highest BCUT2D eigenvalue weighted by atomic mass is 19.3. The van der Waals surface area contributed by atoms with Crippen molar-refractivity contribution in [1.82, 2.24) is 9.97 Å². The molecule has 1 aromatic carbocycles. The summed E-state index contributed by atoms with van der Waals surface area (Å²) < 4.78 is 28.3. The van der Waals surface area contributed by atoms with Gasteiger partial charge in [-0.2, -0.15) is 8.78 Å². The molecule has 0 fully saturated rings. The van der Waals surface area contributed by atoms with Gasteiger partial charge in [-0.1, -0.05) is 0 Å². The van der Waals surface area contributed by atoms with Crippen LogP contribution in [0.15, 0.2) is 29.1 Å². The van der Waals surface area contributed by atoms with Crippen molar-refractivity contribution in [3.8, 4) is 5.75 Å². The topological polar surface area (TPSA) is 84.1 Å². The second-order valence-electron chi connectivity index (χ2n) is 5.17. The summed E-state index contributed by atoms with van der Waals surface area (Å²) in [6.45, 7) is 0.513. The van der Waals surface area contributed by atoms with Crippen molar-refractivity contribution >= 4 is 11.6 Å². The van der Waals surface area contributed by atoms with Crippen LogP contribution in [-0.2, 0) is 11.2 Å². The van der Waals surface area contributed by atoms with Crippen LogP contribution >= 0.6 is 0 Å². The number of alkyl halides is 2. The van der Waals surface area contributed by atoms with Crippen LogP contribution in [0.1, 0.15) is 23.5 Å². The molecule has 0 aliphatic rings. The molecule has 2 N–H and O–H groups in total. The quantitative estimate of drug-likeness (QED) is 0.848. The highest BCUT2D eigenvalue weighted by molar-refractivity contribution is 5.90. The summed E-state index contributed by atoms with van der Waals surface area (Å²) in [6.07, 6.45) is 0.358. The number of amides is 1. The zero-order valence-electron chi connectivity index (χ0n) is 13.2. The first kappa shape index (κ1) is 17.6. The van der Waals surface area contributed by atoms with E-state index in [0.29, 0.717) is 22.8 Å². The van der Waals surface area contributed by atoms with Gasteiger partial charge in [-0.15, -0.1) is 0 Å². The van der Waals surface area contributed by atoms with Gasteiger partial charge in [0.2, 0.25) is 5.91 Å². The molecule has 24 heavy (non-hydrogen) atoms. The predicted octanol–water partition coefficient (Wildman–Crippen LogP) is 2.56. The molecule has 2 aromatic rings. The van der Waals surface area contributed by atoms with Crippen LogP contribution in [-0.4, -0.2) is 22.5 Å². The van der Waals surface area contributed by atoms with E-state index in [1.54, 1.807) is 13.8 Å². The van der Waals surface area contributed by atoms with E-state index in [1.807, 2.05) is 0 Å². The molecule has 0 aliphatic carbocycles. The van der Waals surface area contributed by atoms with Gasteiger partial charge in [-0.3, -0.25) is 9.59 Å². The van der Waals surface area contributed by atoms with E-state index in [-0.39, 0.29) is 30.1 Å². The van der Waals surface area contributed by atoms with Crippen LogP contribution in [0.4, 0.5) is 14.5 Å². The van der Waals surface area contributed by atoms with E-state index in [1.165, 1.54) is 24.3 Å². The Morgan fingerprint density at radius 3 is 2.54 bits per heavy atom. The summed E-state index contributed by atoms with van der Waals surface area (Å²) >= 11 is 0. The summed E-state index contributed by atoms with van der Waals surface area (Å²) in [5.74, 6) is 0.240. The van der Waals surface area contributed by atoms with Crippen molar-refractivity contribution in [1.29, 1.82) is 0 Å². The molecule has 0 saturated carbocycles. The average molecular weight is 337 g/mol. The molecule has 0 radical (unpaired) electrons. The first-order valence-electron chi connectivity index (χ1n) is 7.26. The summed E-state index contributed by atoms with van der Waals surface area (Å²) in [4.78, 5) is 30.6. The van der Waals surface area contributed by atoms with Gasteiger partial charge in [0.1, 0.15) is 11.6 Å². The molecule has 128 valence electrons. The minimum absolute atomic E-state index is 0.0101. The van der Waals surface area contributed by atoms with Gasteiger partial charge in [-0.05, 0) is 44.5 Å². The number of carbonyl (C=O) groups is 1. The Hall–Kier alpha value is -2.77. The Morgan fingerprint density at radius 2 is 1.96 bits per heavy atom. The maximum atomic E-state index is 12.1. The van der Waals surface area contributed by atoms with Gasteiger partial charge in [-0.25, -0.2) is 4.98 Å². The SMILES string of the molecule is Cc1nc(C)c(CCC(=O)Nc2ccc(OC(F)F)cc2)c(=O)[nH]1. The van der Waals surface area contributed by atoms with Gasteiger partial charge in [0, 0.05) is 23.4 Å². The lowest BCUT2D eigenvalue weighted by atomic mass is 10.1. The minimum Gasteiger partial charge on any atom is -0.435 e. The lowest BCUT2D eigenvalue weighted by Crippen LogP contribution is -2.20. The minimum atomic E-state index is -2.89. The number of hydrogen-bond donors (Lipinski definition) is 2. The number of carbonyl (C=O) groups excluding carboxylic acids is 1. The normalized spacial score (nSPS) is 10.7. The number of rotatable bonds is 6.